The highest BCUT2D eigenvalue weighted by molar-refractivity contribution is 5.82. The fraction of sp³-hybridized carbons (Fsp3) is 0.348. The quantitative estimate of drug-likeness (QED) is 0.595. The van der Waals surface area contributed by atoms with Crippen molar-refractivity contribution in [2.24, 2.45) is 0 Å². The van der Waals surface area contributed by atoms with Gasteiger partial charge in [0.15, 0.2) is 0 Å². The van der Waals surface area contributed by atoms with E-state index in [0.717, 1.165) is 50.9 Å². The number of nitrogens with one attached hydrogen (secondary N) is 1. The normalized spacial score (nSPS) is 15.6. The van der Waals surface area contributed by atoms with Gasteiger partial charge in [-0.1, -0.05) is 29.8 Å². The predicted molar refractivity (Wildman–Crippen MR) is 112 cm³/mol. The molecule has 1 fully saturated rings. The molecule has 0 spiro atoms. The van der Waals surface area contributed by atoms with E-state index in [-0.39, 0.29) is 0 Å². The number of nitrogens with zero attached hydrogens (tertiary/aromatic N) is 3. The molecule has 3 heterocycles. The molecule has 144 valence electrons. The molecule has 2 aromatic heterocycles. The summed E-state index contributed by atoms with van der Waals surface area (Å²) in [4.78, 5) is 6.69. The van der Waals surface area contributed by atoms with Crippen LogP contribution in [0.5, 0.6) is 0 Å². The smallest absolute Gasteiger partial charge is 0.215 e. The minimum absolute atomic E-state index is 0.872. The van der Waals surface area contributed by atoms with Crippen LogP contribution < -0.4 is 4.90 Å². The maximum Gasteiger partial charge on any atom is 0.215 e. The van der Waals surface area contributed by atoms with E-state index >= 15 is 0 Å². The zero-order valence-electron chi connectivity index (χ0n) is 16.6. The number of hydrogen-bond acceptors (Lipinski definition) is 2. The Hall–Kier alpha value is -2.63. The van der Waals surface area contributed by atoms with E-state index in [2.05, 4.69) is 71.5 Å². The van der Waals surface area contributed by atoms with Gasteiger partial charge in [0.2, 0.25) is 5.78 Å². The van der Waals surface area contributed by atoms with E-state index in [4.69, 9.17) is 9.72 Å². The maximum absolute atomic E-state index is 5.51. The highest BCUT2D eigenvalue weighted by atomic mass is 16.5. The van der Waals surface area contributed by atoms with Gasteiger partial charge >= 0.3 is 0 Å². The van der Waals surface area contributed by atoms with Gasteiger partial charge in [-0.2, -0.15) is 0 Å². The molecule has 0 saturated carbocycles. The number of aryl methyl sites for hydroxylation is 2. The third-order valence-electron chi connectivity index (χ3n) is 5.92. The molecule has 5 heteroatoms. The van der Waals surface area contributed by atoms with E-state index in [1.807, 2.05) is 0 Å². The van der Waals surface area contributed by atoms with E-state index in [1.165, 1.54) is 27.7 Å². The summed E-state index contributed by atoms with van der Waals surface area (Å²) in [5.74, 6) is 1.03. The number of fused-ring (bicyclic) bond motifs is 3. The highest BCUT2D eigenvalue weighted by Crippen LogP contribution is 2.28. The summed E-state index contributed by atoms with van der Waals surface area (Å²) in [5, 5.41) is 0. The Kier molecular flexibility index (Phi) is 4.41. The maximum atomic E-state index is 5.51. The van der Waals surface area contributed by atoms with Crippen LogP contribution in [-0.2, 0) is 11.3 Å². The summed E-state index contributed by atoms with van der Waals surface area (Å²) in [6.07, 6.45) is 2.19. The van der Waals surface area contributed by atoms with Gasteiger partial charge in [0, 0.05) is 11.8 Å². The molecular formula is C23H27N4O+. The molecule has 1 N–H and O–H groups in total. The van der Waals surface area contributed by atoms with Crippen molar-refractivity contribution < 1.29 is 9.64 Å². The first-order valence-corrected chi connectivity index (χ1v) is 10.2. The van der Waals surface area contributed by atoms with Crippen LogP contribution in [0, 0.1) is 13.8 Å². The molecule has 2 aromatic carbocycles. The number of hydrogen-bond donors (Lipinski definition) is 1. The van der Waals surface area contributed by atoms with Crippen molar-refractivity contribution in [2.75, 3.05) is 32.8 Å². The largest absolute Gasteiger partial charge is 0.370 e. The minimum atomic E-state index is 0.872. The summed E-state index contributed by atoms with van der Waals surface area (Å²) in [7, 11) is 0. The van der Waals surface area contributed by atoms with Gasteiger partial charge in [-0.15, -0.1) is 0 Å². The number of imidazole rings is 2. The fourth-order valence-electron chi connectivity index (χ4n) is 4.28. The molecule has 0 amide bonds. The molecule has 5 rings (SSSR count). The second-order valence-corrected chi connectivity index (χ2v) is 7.87. The van der Waals surface area contributed by atoms with Crippen molar-refractivity contribution in [2.45, 2.75) is 20.4 Å². The van der Waals surface area contributed by atoms with Crippen LogP contribution in [0.15, 0.2) is 48.7 Å². The summed E-state index contributed by atoms with van der Waals surface area (Å²) >= 11 is 0. The van der Waals surface area contributed by atoms with E-state index in [9.17, 15) is 0 Å². The number of rotatable bonds is 4. The second-order valence-electron chi connectivity index (χ2n) is 7.87. The monoisotopic (exact) mass is 375 g/mol. The lowest BCUT2D eigenvalue weighted by atomic mass is 10.0. The lowest BCUT2D eigenvalue weighted by Gasteiger charge is -2.23. The van der Waals surface area contributed by atoms with Crippen LogP contribution >= 0.6 is 0 Å². The zero-order chi connectivity index (χ0) is 19.1. The Morgan fingerprint density at radius 1 is 1.04 bits per heavy atom. The SMILES string of the molecule is Cc1ccc(C)c(-c2cn3c4ccccc4n(CC[NH+]4CCOCC4)c3n2)c1. The van der Waals surface area contributed by atoms with Crippen molar-refractivity contribution in [1.82, 2.24) is 14.0 Å². The summed E-state index contributed by atoms with van der Waals surface area (Å²) < 4.78 is 10.1. The second kappa shape index (κ2) is 7.08. The first-order chi connectivity index (χ1) is 13.7. The topological polar surface area (TPSA) is 35.9 Å². The van der Waals surface area contributed by atoms with Crippen LogP contribution in [0.25, 0.3) is 28.1 Å². The number of quaternary nitrogens is 1. The Balaban J connectivity index is 1.59. The lowest BCUT2D eigenvalue weighted by Crippen LogP contribution is -3.14. The molecule has 4 aromatic rings. The van der Waals surface area contributed by atoms with E-state index < -0.39 is 0 Å². The number of para-hydroxylation sites is 2. The summed E-state index contributed by atoms with van der Waals surface area (Å²) in [6.45, 7) is 10.3. The van der Waals surface area contributed by atoms with Gasteiger partial charge < -0.3 is 14.2 Å². The molecule has 0 unspecified atom stereocenters. The zero-order valence-corrected chi connectivity index (χ0v) is 16.6. The van der Waals surface area contributed by atoms with E-state index in [0.29, 0.717) is 0 Å². The van der Waals surface area contributed by atoms with Gasteiger partial charge in [-0.3, -0.25) is 4.40 Å². The third kappa shape index (κ3) is 3.01. The number of benzene rings is 2. The van der Waals surface area contributed by atoms with Gasteiger partial charge in [0.25, 0.3) is 0 Å². The number of ether oxygens (including phenoxy) is 1. The minimum Gasteiger partial charge on any atom is -0.370 e. The molecule has 1 aliphatic rings. The van der Waals surface area contributed by atoms with Gasteiger partial charge in [-0.05, 0) is 37.6 Å². The first-order valence-electron chi connectivity index (χ1n) is 10.2. The van der Waals surface area contributed by atoms with Crippen molar-refractivity contribution in [3.8, 4) is 11.3 Å². The van der Waals surface area contributed by atoms with Gasteiger partial charge in [0.1, 0.15) is 13.1 Å². The van der Waals surface area contributed by atoms with Crippen LogP contribution in [-0.4, -0.2) is 46.8 Å². The van der Waals surface area contributed by atoms with Crippen LogP contribution in [0.3, 0.4) is 0 Å². The molecule has 0 atom stereocenters. The van der Waals surface area contributed by atoms with Crippen LogP contribution in [0.1, 0.15) is 11.1 Å². The molecular weight excluding hydrogens is 348 g/mol. The Morgan fingerprint density at radius 3 is 2.64 bits per heavy atom. The standard InChI is InChI=1S/C23H26N4O/c1-17-7-8-18(2)19(15-17)20-16-27-22-6-4-3-5-21(22)26(23(27)24-20)10-9-25-11-13-28-14-12-25/h3-8,15-16H,9-14H2,1-2H3/p+1. The van der Waals surface area contributed by atoms with Crippen molar-refractivity contribution in [1.29, 1.82) is 0 Å². The van der Waals surface area contributed by atoms with Gasteiger partial charge in [-0.25, -0.2) is 4.98 Å². The first kappa shape index (κ1) is 17.5. The number of aromatic nitrogens is 3. The van der Waals surface area contributed by atoms with E-state index in [1.54, 1.807) is 4.90 Å². The molecule has 1 aliphatic heterocycles. The summed E-state index contributed by atoms with van der Waals surface area (Å²) in [5.41, 5.74) is 7.28. The van der Waals surface area contributed by atoms with Crippen molar-refractivity contribution in [3.05, 3.63) is 59.8 Å². The van der Waals surface area contributed by atoms with Crippen LogP contribution in [0.2, 0.25) is 0 Å². The van der Waals surface area contributed by atoms with Crippen LogP contribution in [0.4, 0.5) is 0 Å². The molecule has 0 aliphatic carbocycles. The van der Waals surface area contributed by atoms with Gasteiger partial charge in [0.05, 0.1) is 43.0 Å². The molecule has 0 bridgehead atoms. The molecule has 0 radical (unpaired) electrons. The molecule has 1 saturated heterocycles. The lowest BCUT2D eigenvalue weighted by molar-refractivity contribution is -0.908. The highest BCUT2D eigenvalue weighted by Gasteiger charge is 2.18. The van der Waals surface area contributed by atoms with Crippen molar-refractivity contribution >= 4 is 16.8 Å². The average molecular weight is 375 g/mol. The molecule has 28 heavy (non-hydrogen) atoms. The fourth-order valence-corrected chi connectivity index (χ4v) is 4.28. The molecule has 5 nitrogen and oxygen atoms in total. The Morgan fingerprint density at radius 2 is 1.82 bits per heavy atom. The predicted octanol–water partition coefficient (Wildman–Crippen LogP) is 2.49. The third-order valence-corrected chi connectivity index (χ3v) is 5.92. The Labute approximate surface area is 165 Å². The number of morpholine rings is 1. The average Bonchev–Trinajstić information content (AvgIpc) is 3.27. The summed E-state index contributed by atoms with van der Waals surface area (Å²) in [6, 6.07) is 15.2. The Bertz CT molecular complexity index is 1130. The van der Waals surface area contributed by atoms with Crippen molar-refractivity contribution in [3.63, 3.8) is 0 Å².